The average molecular weight is 350 g/mol. The van der Waals surface area contributed by atoms with Gasteiger partial charge in [0.05, 0.1) is 6.54 Å². The smallest absolute Gasteiger partial charge is 0.191 e. The number of hydrogen-bond acceptors (Lipinski definition) is 4. The third-order valence-corrected chi connectivity index (χ3v) is 4.03. The molecule has 142 valence electrons. The normalized spacial score (nSPS) is 12.2. The molecule has 0 atom stereocenters. The maximum absolute atomic E-state index is 4.69. The fraction of sp³-hybridized carbons (Fsp3) is 0.722. The number of rotatable bonds is 11. The van der Waals surface area contributed by atoms with Gasteiger partial charge >= 0.3 is 0 Å². The minimum Gasteiger partial charge on any atom is -0.355 e. The lowest BCUT2D eigenvalue weighted by Gasteiger charge is -2.29. The maximum Gasteiger partial charge on any atom is 0.191 e. The second kappa shape index (κ2) is 11.6. The van der Waals surface area contributed by atoms with E-state index in [1.165, 1.54) is 0 Å². The summed E-state index contributed by atoms with van der Waals surface area (Å²) in [7, 11) is 0. The van der Waals surface area contributed by atoms with Crippen molar-refractivity contribution >= 4 is 5.96 Å². The first-order chi connectivity index (χ1) is 12.0. The topological polar surface area (TPSA) is 70.4 Å². The second-order valence-corrected chi connectivity index (χ2v) is 6.55. The van der Waals surface area contributed by atoms with Gasteiger partial charge in [-0.2, -0.15) is 0 Å². The molecule has 0 spiro atoms. The van der Waals surface area contributed by atoms with Gasteiger partial charge < -0.3 is 15.2 Å². The number of aromatic nitrogens is 3. The van der Waals surface area contributed by atoms with Gasteiger partial charge in [0.25, 0.3) is 0 Å². The summed E-state index contributed by atoms with van der Waals surface area (Å²) in [6.07, 6.45) is 4.49. The summed E-state index contributed by atoms with van der Waals surface area (Å²) in [6, 6.07) is 1.04. The molecule has 1 aromatic heterocycles. The zero-order valence-electron chi connectivity index (χ0n) is 16.5. The van der Waals surface area contributed by atoms with Crippen molar-refractivity contribution in [1.82, 2.24) is 30.3 Å². The third kappa shape index (κ3) is 7.69. The third-order valence-electron chi connectivity index (χ3n) is 4.03. The van der Waals surface area contributed by atoms with Crippen LogP contribution < -0.4 is 10.6 Å². The highest BCUT2D eigenvalue weighted by Gasteiger charge is 2.12. The monoisotopic (exact) mass is 349 g/mol. The van der Waals surface area contributed by atoms with Crippen LogP contribution >= 0.6 is 0 Å². The van der Waals surface area contributed by atoms with Crippen LogP contribution in [0.1, 0.15) is 40.4 Å². The van der Waals surface area contributed by atoms with Gasteiger partial charge in [0.15, 0.2) is 5.96 Å². The van der Waals surface area contributed by atoms with E-state index < -0.39 is 0 Å². The molecule has 0 fully saturated rings. The Morgan fingerprint density at radius 2 is 2.04 bits per heavy atom. The summed E-state index contributed by atoms with van der Waals surface area (Å²) >= 11 is 0. The maximum atomic E-state index is 4.69. The summed E-state index contributed by atoms with van der Waals surface area (Å²) in [4.78, 5) is 7.14. The summed E-state index contributed by atoms with van der Waals surface area (Å²) in [5, 5.41) is 14.7. The van der Waals surface area contributed by atoms with E-state index in [4.69, 9.17) is 4.99 Å². The Labute approximate surface area is 152 Å². The molecule has 7 nitrogen and oxygen atoms in total. The van der Waals surface area contributed by atoms with Gasteiger partial charge in [-0.15, -0.1) is 16.8 Å². The van der Waals surface area contributed by atoms with Gasteiger partial charge in [0, 0.05) is 44.7 Å². The van der Waals surface area contributed by atoms with E-state index in [1.807, 2.05) is 6.08 Å². The lowest BCUT2D eigenvalue weighted by molar-refractivity contribution is 0.181. The minimum absolute atomic E-state index is 0.522. The standard InChI is InChI=1S/C18H35N7/c1-7-9-19-18(21-11-13-25(15(3)4)16(5)6)20-10-12-24-14-22-23-17(24)8-2/h7,14-16H,1,8-13H2,2-6H3,(H2,19,20,21). The fourth-order valence-corrected chi connectivity index (χ4v) is 2.77. The van der Waals surface area contributed by atoms with E-state index in [2.05, 4.69) is 71.5 Å². The van der Waals surface area contributed by atoms with Crippen LogP contribution in [0.4, 0.5) is 0 Å². The Kier molecular flexibility index (Phi) is 9.84. The van der Waals surface area contributed by atoms with Crippen LogP contribution in [0.25, 0.3) is 0 Å². The molecule has 0 saturated heterocycles. The Morgan fingerprint density at radius 3 is 2.64 bits per heavy atom. The zero-order chi connectivity index (χ0) is 18.7. The molecule has 0 bridgehead atoms. The van der Waals surface area contributed by atoms with E-state index in [1.54, 1.807) is 6.33 Å². The fourth-order valence-electron chi connectivity index (χ4n) is 2.77. The molecule has 2 N–H and O–H groups in total. The molecule has 0 aliphatic carbocycles. The molecular weight excluding hydrogens is 314 g/mol. The van der Waals surface area contributed by atoms with Gasteiger partial charge in [0.2, 0.25) is 0 Å². The summed E-state index contributed by atoms with van der Waals surface area (Å²) in [5.74, 6) is 1.82. The van der Waals surface area contributed by atoms with E-state index in [0.29, 0.717) is 18.6 Å². The molecule has 25 heavy (non-hydrogen) atoms. The molecule has 0 radical (unpaired) electrons. The van der Waals surface area contributed by atoms with Crippen LogP contribution in [-0.4, -0.2) is 63.9 Å². The van der Waals surface area contributed by atoms with Crippen molar-refractivity contribution in [2.45, 2.75) is 59.7 Å². The summed E-state index contributed by atoms with van der Waals surface area (Å²) in [5.41, 5.74) is 0. The molecule has 1 rings (SSSR count). The molecule has 0 aliphatic heterocycles. The Balaban J connectivity index is 2.53. The van der Waals surface area contributed by atoms with Crippen LogP contribution in [0.3, 0.4) is 0 Å². The number of aliphatic imine (C=N–C) groups is 1. The Morgan fingerprint density at radius 1 is 1.32 bits per heavy atom. The first kappa shape index (κ1) is 21.2. The zero-order valence-corrected chi connectivity index (χ0v) is 16.5. The van der Waals surface area contributed by atoms with E-state index in [0.717, 1.165) is 44.4 Å². The second-order valence-electron chi connectivity index (χ2n) is 6.55. The van der Waals surface area contributed by atoms with Crippen molar-refractivity contribution in [3.05, 3.63) is 24.8 Å². The van der Waals surface area contributed by atoms with Gasteiger partial charge in [0.1, 0.15) is 12.2 Å². The molecule has 0 unspecified atom stereocenters. The van der Waals surface area contributed by atoms with E-state index in [9.17, 15) is 0 Å². The molecule has 7 heteroatoms. The lowest BCUT2D eigenvalue weighted by Crippen LogP contribution is -2.41. The Hall–Kier alpha value is -1.89. The predicted molar refractivity (Wildman–Crippen MR) is 105 cm³/mol. The molecule has 0 aromatic carbocycles. The van der Waals surface area contributed by atoms with Crippen molar-refractivity contribution < 1.29 is 0 Å². The van der Waals surface area contributed by atoms with Crippen LogP contribution in [0.5, 0.6) is 0 Å². The van der Waals surface area contributed by atoms with Gasteiger partial charge in [-0.1, -0.05) is 13.0 Å². The minimum atomic E-state index is 0.522. The molecule has 1 aromatic rings. The lowest BCUT2D eigenvalue weighted by atomic mass is 10.2. The van der Waals surface area contributed by atoms with Gasteiger partial charge in [-0.05, 0) is 27.7 Å². The van der Waals surface area contributed by atoms with Crippen LogP contribution in [-0.2, 0) is 13.0 Å². The number of hydrogen-bond donors (Lipinski definition) is 2. The van der Waals surface area contributed by atoms with Crippen molar-refractivity contribution in [3.63, 3.8) is 0 Å². The van der Waals surface area contributed by atoms with Gasteiger partial charge in [-0.3, -0.25) is 9.89 Å². The SMILES string of the molecule is C=CCNC(=NCCN(C(C)C)C(C)C)NCCn1cnnc1CC. The number of nitrogens with one attached hydrogen (secondary N) is 2. The van der Waals surface area contributed by atoms with Crippen LogP contribution in [0, 0.1) is 0 Å². The molecule has 1 heterocycles. The molecule has 0 aliphatic rings. The highest BCUT2D eigenvalue weighted by Crippen LogP contribution is 2.03. The highest BCUT2D eigenvalue weighted by atomic mass is 15.3. The van der Waals surface area contributed by atoms with Crippen LogP contribution in [0.15, 0.2) is 24.0 Å². The van der Waals surface area contributed by atoms with Crippen molar-refractivity contribution in [2.75, 3.05) is 26.2 Å². The highest BCUT2D eigenvalue weighted by molar-refractivity contribution is 5.79. The summed E-state index contributed by atoms with van der Waals surface area (Å²) in [6.45, 7) is 18.7. The Bertz CT molecular complexity index is 511. The first-order valence-corrected chi connectivity index (χ1v) is 9.25. The quantitative estimate of drug-likeness (QED) is 0.361. The van der Waals surface area contributed by atoms with E-state index in [-0.39, 0.29) is 0 Å². The van der Waals surface area contributed by atoms with E-state index >= 15 is 0 Å². The number of nitrogens with zero attached hydrogens (tertiary/aromatic N) is 5. The summed E-state index contributed by atoms with van der Waals surface area (Å²) < 4.78 is 2.07. The average Bonchev–Trinajstić information content (AvgIpc) is 3.02. The van der Waals surface area contributed by atoms with Crippen LogP contribution in [0.2, 0.25) is 0 Å². The molecule has 0 amide bonds. The van der Waals surface area contributed by atoms with Crippen molar-refractivity contribution in [1.29, 1.82) is 0 Å². The number of guanidine groups is 1. The molecular formula is C18H35N7. The largest absolute Gasteiger partial charge is 0.355 e. The first-order valence-electron chi connectivity index (χ1n) is 9.25. The van der Waals surface area contributed by atoms with Crippen molar-refractivity contribution in [3.8, 4) is 0 Å². The molecule has 0 saturated carbocycles. The number of aryl methyl sites for hydroxylation is 1. The van der Waals surface area contributed by atoms with Gasteiger partial charge in [-0.25, -0.2) is 0 Å². The predicted octanol–water partition coefficient (Wildman–Crippen LogP) is 1.68. The van der Waals surface area contributed by atoms with Crippen molar-refractivity contribution in [2.24, 2.45) is 4.99 Å².